The number of sulfonamides is 1. The lowest BCUT2D eigenvalue weighted by Gasteiger charge is -2.30. The van der Waals surface area contributed by atoms with E-state index in [9.17, 15) is 13.2 Å². The van der Waals surface area contributed by atoms with E-state index in [4.69, 9.17) is 4.74 Å². The van der Waals surface area contributed by atoms with Crippen LogP contribution in [0.4, 0.5) is 5.69 Å². The second-order valence-electron chi connectivity index (χ2n) is 7.03. The minimum Gasteiger partial charge on any atom is -0.497 e. The SMILES string of the molecule is COc1ccc(N(C(C)C2CC2)S(=O)(=O)c2ccc(CCNC(C)=O)s2)cc1. The molecule has 152 valence electrons. The third-order valence-corrected chi connectivity index (χ3v) is 8.42. The quantitative estimate of drug-likeness (QED) is 0.672. The van der Waals surface area contributed by atoms with Gasteiger partial charge in [-0.15, -0.1) is 11.3 Å². The highest BCUT2D eigenvalue weighted by Crippen LogP contribution is 2.40. The zero-order chi connectivity index (χ0) is 20.3. The highest BCUT2D eigenvalue weighted by Gasteiger charge is 2.39. The highest BCUT2D eigenvalue weighted by molar-refractivity contribution is 7.94. The van der Waals surface area contributed by atoms with Gasteiger partial charge in [0.2, 0.25) is 5.91 Å². The first kappa shape index (κ1) is 20.7. The van der Waals surface area contributed by atoms with Crippen LogP contribution in [-0.2, 0) is 21.2 Å². The average molecular weight is 423 g/mol. The Morgan fingerprint density at radius 2 is 1.93 bits per heavy atom. The number of amides is 1. The third kappa shape index (κ3) is 4.67. The van der Waals surface area contributed by atoms with Gasteiger partial charge >= 0.3 is 0 Å². The maximum atomic E-state index is 13.5. The smallest absolute Gasteiger partial charge is 0.274 e. The molecule has 6 nitrogen and oxygen atoms in total. The summed E-state index contributed by atoms with van der Waals surface area (Å²) in [4.78, 5) is 11.9. The summed E-state index contributed by atoms with van der Waals surface area (Å²) in [5.74, 6) is 0.987. The van der Waals surface area contributed by atoms with Gasteiger partial charge in [-0.2, -0.15) is 0 Å². The molecule has 1 unspecified atom stereocenters. The van der Waals surface area contributed by atoms with Gasteiger partial charge in [0.05, 0.1) is 12.8 Å². The molecule has 8 heteroatoms. The van der Waals surface area contributed by atoms with Crippen LogP contribution in [0.2, 0.25) is 0 Å². The van der Waals surface area contributed by atoms with Gasteiger partial charge in [-0.05, 0) is 68.5 Å². The maximum Gasteiger partial charge on any atom is 0.274 e. The first-order valence-electron chi connectivity index (χ1n) is 9.34. The molecule has 3 rings (SSSR count). The standard InChI is InChI=1S/C20H26N2O4S2/c1-14(16-4-5-16)22(17-6-8-18(26-3)9-7-17)28(24,25)20-11-10-19(27-20)12-13-21-15(2)23/h6-11,14,16H,4-5,12-13H2,1-3H3,(H,21,23). The van der Waals surface area contributed by atoms with Crippen molar-refractivity contribution in [2.75, 3.05) is 18.0 Å². The molecule has 1 heterocycles. The van der Waals surface area contributed by atoms with E-state index in [1.54, 1.807) is 41.7 Å². The lowest BCUT2D eigenvalue weighted by Crippen LogP contribution is -2.39. The van der Waals surface area contributed by atoms with Crippen molar-refractivity contribution < 1.29 is 17.9 Å². The molecule has 0 aliphatic heterocycles. The van der Waals surface area contributed by atoms with Crippen molar-refractivity contribution in [2.45, 2.75) is 43.4 Å². The number of benzene rings is 1. The lowest BCUT2D eigenvalue weighted by atomic mass is 10.2. The fourth-order valence-corrected chi connectivity index (χ4v) is 6.34. The molecule has 1 aliphatic carbocycles. The van der Waals surface area contributed by atoms with Gasteiger partial charge in [-0.1, -0.05) is 0 Å². The Morgan fingerprint density at radius 1 is 1.25 bits per heavy atom. The summed E-state index contributed by atoms with van der Waals surface area (Å²) in [6.07, 6.45) is 2.71. The van der Waals surface area contributed by atoms with Crippen molar-refractivity contribution in [1.82, 2.24) is 5.32 Å². The molecule has 1 amide bonds. The average Bonchev–Trinajstić information content (AvgIpc) is 3.40. The second-order valence-corrected chi connectivity index (χ2v) is 10.2. The molecule has 0 saturated heterocycles. The zero-order valence-corrected chi connectivity index (χ0v) is 18.0. The molecule has 1 aliphatic rings. The molecule has 2 aromatic rings. The second kappa shape index (κ2) is 8.53. The molecule has 0 radical (unpaired) electrons. The first-order chi connectivity index (χ1) is 13.3. The summed E-state index contributed by atoms with van der Waals surface area (Å²) in [6, 6.07) is 10.5. The fourth-order valence-electron chi connectivity index (χ4n) is 3.18. The number of nitrogens with zero attached hydrogens (tertiary/aromatic N) is 1. The minimum absolute atomic E-state index is 0.0895. The summed E-state index contributed by atoms with van der Waals surface area (Å²) >= 11 is 1.27. The van der Waals surface area contributed by atoms with Gasteiger partial charge in [0.15, 0.2) is 0 Å². The van der Waals surface area contributed by atoms with Crippen LogP contribution in [0.15, 0.2) is 40.6 Å². The van der Waals surface area contributed by atoms with Crippen molar-refractivity contribution in [2.24, 2.45) is 5.92 Å². The monoisotopic (exact) mass is 422 g/mol. The Morgan fingerprint density at radius 3 is 2.50 bits per heavy atom. The van der Waals surface area contributed by atoms with Crippen molar-refractivity contribution in [3.8, 4) is 5.75 Å². The normalized spacial score (nSPS) is 15.1. The summed E-state index contributed by atoms with van der Waals surface area (Å²) in [7, 11) is -2.09. The topological polar surface area (TPSA) is 75.7 Å². The van der Waals surface area contributed by atoms with E-state index in [2.05, 4.69) is 5.32 Å². The first-order valence-corrected chi connectivity index (χ1v) is 11.6. The van der Waals surface area contributed by atoms with Gasteiger partial charge in [-0.3, -0.25) is 9.10 Å². The molecule has 1 fully saturated rings. The van der Waals surface area contributed by atoms with E-state index >= 15 is 0 Å². The number of carbonyl (C=O) groups is 1. The van der Waals surface area contributed by atoms with Crippen LogP contribution in [-0.4, -0.2) is 34.0 Å². The van der Waals surface area contributed by atoms with E-state index in [0.29, 0.717) is 34.5 Å². The Labute approximate surface area is 170 Å². The maximum absolute atomic E-state index is 13.5. The zero-order valence-electron chi connectivity index (χ0n) is 16.3. The van der Waals surface area contributed by atoms with Gasteiger partial charge in [0, 0.05) is 24.4 Å². The molecular weight excluding hydrogens is 396 g/mol. The molecule has 1 aromatic carbocycles. The number of nitrogens with one attached hydrogen (secondary N) is 1. The highest BCUT2D eigenvalue weighted by atomic mass is 32.2. The van der Waals surface area contributed by atoms with Crippen LogP contribution in [0.25, 0.3) is 0 Å². The van der Waals surface area contributed by atoms with E-state index < -0.39 is 10.0 Å². The van der Waals surface area contributed by atoms with Crippen molar-refractivity contribution in [3.05, 3.63) is 41.3 Å². The Bertz CT molecular complexity index is 918. The van der Waals surface area contributed by atoms with E-state index in [0.717, 1.165) is 17.7 Å². The van der Waals surface area contributed by atoms with E-state index in [-0.39, 0.29) is 11.9 Å². The van der Waals surface area contributed by atoms with Crippen molar-refractivity contribution >= 4 is 33.0 Å². The molecule has 1 saturated carbocycles. The van der Waals surface area contributed by atoms with Gasteiger partial charge in [0.1, 0.15) is 9.96 Å². The fraction of sp³-hybridized carbons (Fsp3) is 0.450. The number of hydrogen-bond donors (Lipinski definition) is 1. The number of hydrogen-bond acceptors (Lipinski definition) is 5. The largest absolute Gasteiger partial charge is 0.497 e. The molecule has 1 atom stereocenters. The van der Waals surface area contributed by atoms with Crippen LogP contribution in [0, 0.1) is 5.92 Å². The van der Waals surface area contributed by atoms with Gasteiger partial charge in [-0.25, -0.2) is 8.42 Å². The van der Waals surface area contributed by atoms with Crippen LogP contribution >= 0.6 is 11.3 Å². The predicted molar refractivity (Wildman–Crippen MR) is 112 cm³/mol. The molecule has 28 heavy (non-hydrogen) atoms. The molecule has 0 spiro atoms. The number of ether oxygens (including phenoxy) is 1. The Balaban J connectivity index is 1.87. The molecular formula is C20H26N2O4S2. The van der Waals surface area contributed by atoms with E-state index in [1.165, 1.54) is 18.3 Å². The summed E-state index contributed by atoms with van der Waals surface area (Å²) < 4.78 is 34.1. The van der Waals surface area contributed by atoms with Crippen LogP contribution in [0.3, 0.4) is 0 Å². The van der Waals surface area contributed by atoms with E-state index in [1.807, 2.05) is 13.0 Å². The summed E-state index contributed by atoms with van der Waals surface area (Å²) in [6.45, 7) is 3.94. The van der Waals surface area contributed by atoms with Crippen LogP contribution < -0.4 is 14.4 Å². The minimum atomic E-state index is -3.67. The molecule has 1 aromatic heterocycles. The number of anilines is 1. The van der Waals surface area contributed by atoms with Gasteiger partial charge in [0.25, 0.3) is 10.0 Å². The van der Waals surface area contributed by atoms with Crippen molar-refractivity contribution in [3.63, 3.8) is 0 Å². The Hall–Kier alpha value is -2.06. The predicted octanol–water partition coefficient (Wildman–Crippen LogP) is 3.43. The Kier molecular flexibility index (Phi) is 6.30. The molecule has 1 N–H and O–H groups in total. The number of rotatable bonds is 9. The van der Waals surface area contributed by atoms with Crippen LogP contribution in [0.5, 0.6) is 5.75 Å². The van der Waals surface area contributed by atoms with Crippen molar-refractivity contribution in [1.29, 1.82) is 0 Å². The lowest BCUT2D eigenvalue weighted by molar-refractivity contribution is -0.118. The summed E-state index contributed by atoms with van der Waals surface area (Å²) in [5.41, 5.74) is 0.647. The van der Waals surface area contributed by atoms with Gasteiger partial charge < -0.3 is 10.1 Å². The third-order valence-electron chi connectivity index (χ3n) is 4.90. The number of thiophene rings is 1. The van der Waals surface area contributed by atoms with Crippen LogP contribution in [0.1, 0.15) is 31.6 Å². The molecule has 0 bridgehead atoms. The number of methoxy groups -OCH3 is 1. The number of carbonyl (C=O) groups excluding carboxylic acids is 1. The summed E-state index contributed by atoms with van der Waals surface area (Å²) in [5, 5.41) is 2.74.